The molecule has 0 spiro atoms. The van der Waals surface area contributed by atoms with E-state index in [9.17, 15) is 4.39 Å². The fourth-order valence-corrected chi connectivity index (χ4v) is 2.65. The quantitative estimate of drug-likeness (QED) is 0.743. The highest BCUT2D eigenvalue weighted by Gasteiger charge is 2.34. The van der Waals surface area contributed by atoms with Crippen molar-refractivity contribution in [2.45, 2.75) is 25.7 Å². The van der Waals surface area contributed by atoms with Crippen molar-refractivity contribution in [3.05, 3.63) is 29.6 Å². The molecule has 0 heterocycles. The third-order valence-corrected chi connectivity index (χ3v) is 4.16. The van der Waals surface area contributed by atoms with Gasteiger partial charge in [-0.15, -0.1) is 0 Å². The molecule has 1 fully saturated rings. The second-order valence-corrected chi connectivity index (χ2v) is 5.44. The summed E-state index contributed by atoms with van der Waals surface area (Å²) in [5, 5.41) is 3.44. The monoisotopic (exact) mass is 266 g/mol. The van der Waals surface area contributed by atoms with E-state index in [-0.39, 0.29) is 5.82 Å². The zero-order chi connectivity index (χ0) is 13.7. The third-order valence-electron chi connectivity index (χ3n) is 4.16. The molecule has 1 saturated carbocycles. The Kier molecular flexibility index (Phi) is 4.77. The Hall–Kier alpha value is -1.13. The maximum absolute atomic E-state index is 13.2. The number of hydrogen-bond donors (Lipinski definition) is 2. The zero-order valence-electron chi connectivity index (χ0n) is 11.5. The van der Waals surface area contributed by atoms with Crippen LogP contribution in [-0.2, 0) is 6.42 Å². The van der Waals surface area contributed by atoms with Crippen molar-refractivity contribution in [3.63, 3.8) is 0 Å². The van der Waals surface area contributed by atoms with Gasteiger partial charge in [0.25, 0.3) is 0 Å². The molecular formula is C15H23FN2O. The lowest BCUT2D eigenvalue weighted by atomic mass is 9.69. The molecule has 1 aromatic rings. The van der Waals surface area contributed by atoms with Gasteiger partial charge in [-0.2, -0.15) is 0 Å². The first kappa shape index (κ1) is 14.3. The van der Waals surface area contributed by atoms with Crippen LogP contribution in [0.5, 0.6) is 5.75 Å². The van der Waals surface area contributed by atoms with Crippen LogP contribution in [0, 0.1) is 11.2 Å². The Morgan fingerprint density at radius 1 is 1.42 bits per heavy atom. The second kappa shape index (κ2) is 6.35. The van der Waals surface area contributed by atoms with E-state index in [0.717, 1.165) is 37.4 Å². The van der Waals surface area contributed by atoms with Gasteiger partial charge in [0.1, 0.15) is 11.6 Å². The van der Waals surface area contributed by atoms with Crippen LogP contribution in [0.3, 0.4) is 0 Å². The minimum Gasteiger partial charge on any atom is -0.496 e. The van der Waals surface area contributed by atoms with Crippen molar-refractivity contribution < 1.29 is 9.13 Å². The molecule has 2 rings (SSSR count). The molecule has 0 aromatic heterocycles. The summed E-state index contributed by atoms with van der Waals surface area (Å²) in [5.74, 6) is 0.536. The molecule has 3 nitrogen and oxygen atoms in total. The Labute approximate surface area is 114 Å². The van der Waals surface area contributed by atoms with Crippen LogP contribution in [0.2, 0.25) is 0 Å². The molecule has 0 aliphatic heterocycles. The average molecular weight is 266 g/mol. The molecule has 1 aliphatic rings. The van der Waals surface area contributed by atoms with Crippen LogP contribution < -0.4 is 15.8 Å². The zero-order valence-corrected chi connectivity index (χ0v) is 11.5. The highest BCUT2D eigenvalue weighted by atomic mass is 19.1. The summed E-state index contributed by atoms with van der Waals surface area (Å²) in [7, 11) is 1.61. The number of nitrogens with one attached hydrogen (secondary N) is 1. The number of hydrogen-bond acceptors (Lipinski definition) is 3. The molecule has 0 amide bonds. The largest absolute Gasteiger partial charge is 0.496 e. The Morgan fingerprint density at radius 3 is 2.79 bits per heavy atom. The van der Waals surface area contributed by atoms with Gasteiger partial charge in [-0.25, -0.2) is 4.39 Å². The van der Waals surface area contributed by atoms with Crippen LogP contribution in [0.1, 0.15) is 24.8 Å². The lowest BCUT2D eigenvalue weighted by molar-refractivity contribution is 0.141. The normalized spacial score (nSPS) is 17.0. The van der Waals surface area contributed by atoms with Crippen molar-refractivity contribution in [1.29, 1.82) is 0 Å². The first-order valence-electron chi connectivity index (χ1n) is 6.92. The lowest BCUT2D eigenvalue weighted by Gasteiger charge is -2.41. The molecule has 1 aliphatic carbocycles. The molecule has 106 valence electrons. The van der Waals surface area contributed by atoms with Crippen molar-refractivity contribution >= 4 is 0 Å². The molecule has 4 heteroatoms. The standard InChI is InChI=1S/C15H23FN2O/c1-19-14-4-3-13(16)9-12(14)5-8-18-11-15(10-17)6-2-7-15/h3-4,9,18H,2,5-8,10-11,17H2,1H3. The summed E-state index contributed by atoms with van der Waals surface area (Å²) >= 11 is 0. The summed E-state index contributed by atoms with van der Waals surface area (Å²) < 4.78 is 18.4. The van der Waals surface area contributed by atoms with Gasteiger partial charge in [0, 0.05) is 6.54 Å². The van der Waals surface area contributed by atoms with E-state index in [0.29, 0.717) is 5.41 Å². The molecule has 0 unspecified atom stereocenters. The van der Waals surface area contributed by atoms with Gasteiger partial charge in [0.15, 0.2) is 0 Å². The molecule has 19 heavy (non-hydrogen) atoms. The SMILES string of the molecule is COc1ccc(F)cc1CCNCC1(CN)CCC1. The van der Waals surface area contributed by atoms with E-state index in [2.05, 4.69) is 5.32 Å². The lowest BCUT2D eigenvalue weighted by Crippen LogP contribution is -2.45. The summed E-state index contributed by atoms with van der Waals surface area (Å²) in [6.07, 6.45) is 4.50. The van der Waals surface area contributed by atoms with Gasteiger partial charge >= 0.3 is 0 Å². The van der Waals surface area contributed by atoms with Crippen LogP contribution in [0.15, 0.2) is 18.2 Å². The number of ether oxygens (including phenoxy) is 1. The van der Waals surface area contributed by atoms with Crippen LogP contribution in [0.4, 0.5) is 4.39 Å². The molecule has 1 aromatic carbocycles. The van der Waals surface area contributed by atoms with E-state index in [1.807, 2.05) is 0 Å². The van der Waals surface area contributed by atoms with Crippen LogP contribution >= 0.6 is 0 Å². The van der Waals surface area contributed by atoms with Gasteiger partial charge in [-0.05, 0) is 61.5 Å². The Bertz CT molecular complexity index is 413. The van der Waals surface area contributed by atoms with Gasteiger partial charge in [0.05, 0.1) is 7.11 Å². The minimum atomic E-state index is -0.215. The first-order chi connectivity index (χ1) is 9.19. The predicted octanol–water partition coefficient (Wildman–Crippen LogP) is 2.10. The molecule has 0 saturated heterocycles. The maximum Gasteiger partial charge on any atom is 0.123 e. The predicted molar refractivity (Wildman–Crippen MR) is 74.9 cm³/mol. The van der Waals surface area contributed by atoms with Crippen molar-refractivity contribution in [2.75, 3.05) is 26.7 Å². The fourth-order valence-electron chi connectivity index (χ4n) is 2.65. The van der Waals surface area contributed by atoms with Crippen LogP contribution in [0.25, 0.3) is 0 Å². The summed E-state index contributed by atoms with van der Waals surface area (Å²) in [6.45, 7) is 2.53. The number of rotatable bonds is 7. The second-order valence-electron chi connectivity index (χ2n) is 5.44. The number of halogens is 1. The van der Waals surface area contributed by atoms with Crippen LogP contribution in [-0.4, -0.2) is 26.7 Å². The molecule has 0 atom stereocenters. The van der Waals surface area contributed by atoms with Gasteiger partial charge in [-0.3, -0.25) is 0 Å². The van der Waals surface area contributed by atoms with Crippen molar-refractivity contribution in [2.24, 2.45) is 11.1 Å². The van der Waals surface area contributed by atoms with E-state index in [1.54, 1.807) is 19.2 Å². The smallest absolute Gasteiger partial charge is 0.123 e. The topological polar surface area (TPSA) is 47.3 Å². The summed E-state index contributed by atoms with van der Waals surface area (Å²) in [5.41, 5.74) is 7.04. The number of benzene rings is 1. The van der Waals surface area contributed by atoms with E-state index >= 15 is 0 Å². The maximum atomic E-state index is 13.2. The van der Waals surface area contributed by atoms with Gasteiger partial charge in [0.2, 0.25) is 0 Å². The van der Waals surface area contributed by atoms with E-state index in [4.69, 9.17) is 10.5 Å². The van der Waals surface area contributed by atoms with Gasteiger partial charge in [-0.1, -0.05) is 6.42 Å². The van der Waals surface area contributed by atoms with E-state index in [1.165, 1.54) is 25.3 Å². The molecule has 0 radical (unpaired) electrons. The van der Waals surface area contributed by atoms with Crippen molar-refractivity contribution in [3.8, 4) is 5.75 Å². The summed E-state index contributed by atoms with van der Waals surface area (Å²) in [4.78, 5) is 0. The average Bonchev–Trinajstić information content (AvgIpc) is 2.37. The summed E-state index contributed by atoms with van der Waals surface area (Å²) in [6, 6.07) is 4.65. The van der Waals surface area contributed by atoms with Crippen molar-refractivity contribution in [1.82, 2.24) is 5.32 Å². The van der Waals surface area contributed by atoms with E-state index < -0.39 is 0 Å². The number of nitrogens with two attached hydrogens (primary N) is 1. The molecule has 0 bridgehead atoms. The van der Waals surface area contributed by atoms with Gasteiger partial charge < -0.3 is 15.8 Å². The Morgan fingerprint density at radius 2 is 2.21 bits per heavy atom. The molecule has 3 N–H and O–H groups in total. The first-order valence-corrected chi connectivity index (χ1v) is 6.92. The highest BCUT2D eigenvalue weighted by Crippen LogP contribution is 2.39. The number of methoxy groups -OCH3 is 1. The highest BCUT2D eigenvalue weighted by molar-refractivity contribution is 5.34. The Balaban J connectivity index is 1.80. The third kappa shape index (κ3) is 3.45. The minimum absolute atomic E-state index is 0.215. The molecular weight excluding hydrogens is 243 g/mol. The fraction of sp³-hybridized carbons (Fsp3) is 0.600.